The molecular weight excluding hydrogens is 296 g/mol. The van der Waals surface area contributed by atoms with Crippen molar-refractivity contribution in [1.82, 2.24) is 4.57 Å². The third kappa shape index (κ3) is 5.94. The van der Waals surface area contributed by atoms with E-state index in [4.69, 9.17) is 9.47 Å². The number of benzene rings is 1. The maximum absolute atomic E-state index is 11.6. The molecule has 0 spiro atoms. The average molecular weight is 317 g/mol. The smallest absolute Gasteiger partial charge is 0.306 e. The minimum atomic E-state index is -0.221. The van der Waals surface area contributed by atoms with Crippen molar-refractivity contribution in [2.45, 2.75) is 19.4 Å². The van der Waals surface area contributed by atoms with Crippen molar-refractivity contribution in [3.8, 4) is 5.75 Å². The summed E-state index contributed by atoms with van der Waals surface area (Å²) in [4.78, 5) is 22.1. The Hall–Kier alpha value is -2.63. The van der Waals surface area contributed by atoms with Crippen LogP contribution in [0.25, 0.3) is 0 Å². The summed E-state index contributed by atoms with van der Waals surface area (Å²) in [5.41, 5.74) is 0.609. The maximum atomic E-state index is 11.6. The number of aldehydes is 1. The lowest BCUT2D eigenvalue weighted by atomic mass is 10.2. The van der Waals surface area contributed by atoms with E-state index in [0.717, 1.165) is 6.29 Å². The van der Waals surface area contributed by atoms with Gasteiger partial charge in [-0.15, -0.1) is 0 Å². The second kappa shape index (κ2) is 8.73. The Kier molecular flexibility index (Phi) is 6.35. The molecule has 0 aliphatic rings. The van der Waals surface area contributed by atoms with Crippen LogP contribution in [-0.2, 0) is 23.1 Å². The van der Waals surface area contributed by atoms with Crippen molar-refractivity contribution >= 4 is 12.3 Å². The predicted octanol–water partition coefficient (Wildman–Crippen LogP) is 1.53. The highest BCUT2D eigenvalue weighted by Gasteiger charge is 2.05. The SMILES string of the molecule is C[n+]1ccn(CCOC(=O)CCCOc2ccc(C=O)cc2)c1. The summed E-state index contributed by atoms with van der Waals surface area (Å²) in [6.07, 6.45) is 7.49. The molecule has 1 heterocycles. The van der Waals surface area contributed by atoms with Gasteiger partial charge >= 0.3 is 5.97 Å². The van der Waals surface area contributed by atoms with Crippen molar-refractivity contribution in [2.24, 2.45) is 7.05 Å². The Morgan fingerprint density at radius 3 is 2.70 bits per heavy atom. The van der Waals surface area contributed by atoms with Gasteiger partial charge in [-0.25, -0.2) is 9.13 Å². The molecule has 0 fully saturated rings. The van der Waals surface area contributed by atoms with Crippen molar-refractivity contribution in [2.75, 3.05) is 13.2 Å². The van der Waals surface area contributed by atoms with Crippen LogP contribution in [0.3, 0.4) is 0 Å². The molecule has 6 nitrogen and oxygen atoms in total. The number of aromatic nitrogens is 2. The lowest BCUT2D eigenvalue weighted by Crippen LogP contribution is -2.24. The van der Waals surface area contributed by atoms with E-state index in [1.165, 1.54) is 0 Å². The number of ether oxygens (including phenoxy) is 2. The first-order chi connectivity index (χ1) is 11.2. The zero-order valence-electron chi connectivity index (χ0n) is 13.2. The molecule has 6 heteroatoms. The number of aryl methyl sites for hydroxylation is 1. The fourth-order valence-electron chi connectivity index (χ4n) is 2.02. The topological polar surface area (TPSA) is 61.4 Å². The average Bonchev–Trinajstić information content (AvgIpc) is 2.97. The van der Waals surface area contributed by atoms with E-state index in [1.54, 1.807) is 24.3 Å². The predicted molar refractivity (Wildman–Crippen MR) is 83.1 cm³/mol. The molecule has 23 heavy (non-hydrogen) atoms. The second-order valence-electron chi connectivity index (χ2n) is 5.18. The van der Waals surface area contributed by atoms with Gasteiger partial charge in [0, 0.05) is 12.0 Å². The molecule has 1 aromatic heterocycles. The number of carbonyl (C=O) groups excluding carboxylic acids is 2. The minimum absolute atomic E-state index is 0.221. The Balaban J connectivity index is 1.56. The molecule has 0 saturated carbocycles. The Morgan fingerprint density at radius 2 is 2.04 bits per heavy atom. The first-order valence-corrected chi connectivity index (χ1v) is 7.52. The van der Waals surface area contributed by atoms with E-state index in [-0.39, 0.29) is 5.97 Å². The number of hydrogen-bond acceptors (Lipinski definition) is 4. The first-order valence-electron chi connectivity index (χ1n) is 7.52. The van der Waals surface area contributed by atoms with Crippen molar-refractivity contribution < 1.29 is 23.6 Å². The number of imidazole rings is 1. The van der Waals surface area contributed by atoms with Crippen molar-refractivity contribution in [1.29, 1.82) is 0 Å². The van der Waals surface area contributed by atoms with E-state index < -0.39 is 0 Å². The molecule has 122 valence electrons. The summed E-state index contributed by atoms with van der Waals surface area (Å²) in [5.74, 6) is 0.464. The van der Waals surface area contributed by atoms with Crippen LogP contribution in [0, 0.1) is 0 Å². The first kappa shape index (κ1) is 16.7. The lowest BCUT2D eigenvalue weighted by molar-refractivity contribution is -0.671. The summed E-state index contributed by atoms with van der Waals surface area (Å²) in [6.45, 7) is 1.44. The van der Waals surface area contributed by atoms with Gasteiger partial charge in [0.25, 0.3) is 0 Å². The fourth-order valence-corrected chi connectivity index (χ4v) is 2.02. The monoisotopic (exact) mass is 317 g/mol. The molecule has 0 N–H and O–H groups in total. The van der Waals surface area contributed by atoms with Gasteiger partial charge in [0.05, 0.1) is 13.7 Å². The Morgan fingerprint density at radius 1 is 1.26 bits per heavy atom. The zero-order valence-corrected chi connectivity index (χ0v) is 13.2. The standard InChI is InChI=1S/C17H21N2O4/c1-18-8-9-19(14-18)10-12-23-17(21)3-2-11-22-16-6-4-15(13-20)5-7-16/h4-9,13-14H,2-3,10-12H2,1H3/q+1. The molecule has 1 aromatic carbocycles. The van der Waals surface area contributed by atoms with E-state index >= 15 is 0 Å². The van der Waals surface area contributed by atoms with Crippen LogP contribution < -0.4 is 9.30 Å². The van der Waals surface area contributed by atoms with Gasteiger partial charge in [0.15, 0.2) is 0 Å². The summed E-state index contributed by atoms with van der Waals surface area (Å²) in [6, 6.07) is 6.86. The van der Waals surface area contributed by atoms with Crippen LogP contribution in [0.4, 0.5) is 0 Å². The summed E-state index contributed by atoms with van der Waals surface area (Å²) in [5, 5.41) is 0. The molecule has 2 rings (SSSR count). The van der Waals surface area contributed by atoms with Crippen molar-refractivity contribution in [3.63, 3.8) is 0 Å². The van der Waals surface area contributed by atoms with E-state index in [0.29, 0.717) is 43.9 Å². The van der Waals surface area contributed by atoms with Gasteiger partial charge in [0.2, 0.25) is 6.33 Å². The quantitative estimate of drug-likeness (QED) is 0.304. The van der Waals surface area contributed by atoms with Gasteiger partial charge in [-0.3, -0.25) is 9.59 Å². The summed E-state index contributed by atoms with van der Waals surface area (Å²) in [7, 11) is 1.94. The highest BCUT2D eigenvalue weighted by molar-refractivity contribution is 5.74. The highest BCUT2D eigenvalue weighted by atomic mass is 16.5. The van der Waals surface area contributed by atoms with Crippen LogP contribution in [0.5, 0.6) is 5.75 Å². The summed E-state index contributed by atoms with van der Waals surface area (Å²) < 4.78 is 14.6. The number of carbonyl (C=O) groups is 2. The normalized spacial score (nSPS) is 10.3. The Labute approximate surface area is 135 Å². The van der Waals surface area contributed by atoms with Crippen LogP contribution in [0.2, 0.25) is 0 Å². The van der Waals surface area contributed by atoms with E-state index in [2.05, 4.69) is 0 Å². The van der Waals surface area contributed by atoms with Crippen LogP contribution in [0.1, 0.15) is 23.2 Å². The molecule has 0 aliphatic heterocycles. The van der Waals surface area contributed by atoms with Gasteiger partial charge in [-0.05, 0) is 30.7 Å². The molecule has 0 unspecified atom stereocenters. The highest BCUT2D eigenvalue weighted by Crippen LogP contribution is 2.11. The van der Waals surface area contributed by atoms with Crippen LogP contribution in [-0.4, -0.2) is 30.0 Å². The van der Waals surface area contributed by atoms with E-state index in [1.807, 2.05) is 34.9 Å². The molecule has 0 aliphatic carbocycles. The molecule has 0 saturated heterocycles. The van der Waals surface area contributed by atoms with Crippen LogP contribution >= 0.6 is 0 Å². The van der Waals surface area contributed by atoms with Crippen LogP contribution in [0.15, 0.2) is 43.0 Å². The number of esters is 1. The molecular formula is C17H21N2O4+. The van der Waals surface area contributed by atoms with E-state index in [9.17, 15) is 9.59 Å². The van der Waals surface area contributed by atoms with Gasteiger partial charge in [-0.1, -0.05) is 0 Å². The molecule has 2 aromatic rings. The third-order valence-electron chi connectivity index (χ3n) is 3.25. The van der Waals surface area contributed by atoms with Crippen molar-refractivity contribution in [3.05, 3.63) is 48.5 Å². The third-order valence-corrected chi connectivity index (χ3v) is 3.25. The molecule has 0 amide bonds. The van der Waals surface area contributed by atoms with Gasteiger partial charge in [-0.2, -0.15) is 0 Å². The molecule has 0 bridgehead atoms. The summed E-state index contributed by atoms with van der Waals surface area (Å²) >= 11 is 0. The number of hydrogen-bond donors (Lipinski definition) is 0. The number of nitrogens with zero attached hydrogens (tertiary/aromatic N) is 2. The second-order valence-corrected chi connectivity index (χ2v) is 5.18. The molecule has 0 radical (unpaired) electrons. The lowest BCUT2D eigenvalue weighted by Gasteiger charge is -2.06. The zero-order chi connectivity index (χ0) is 16.5. The Bertz CT molecular complexity index is 634. The molecule has 0 atom stereocenters. The van der Waals surface area contributed by atoms with Gasteiger partial charge < -0.3 is 9.47 Å². The fraction of sp³-hybridized carbons (Fsp3) is 0.353. The largest absolute Gasteiger partial charge is 0.494 e. The number of rotatable bonds is 9. The van der Waals surface area contributed by atoms with Gasteiger partial charge in [0.1, 0.15) is 37.6 Å². The maximum Gasteiger partial charge on any atom is 0.306 e. The minimum Gasteiger partial charge on any atom is -0.494 e.